The van der Waals surface area contributed by atoms with Crippen LogP contribution in [0.25, 0.3) is 0 Å². The van der Waals surface area contributed by atoms with Crippen molar-refractivity contribution in [3.8, 4) is 0 Å². The molecule has 1 aliphatic rings. The summed E-state index contributed by atoms with van der Waals surface area (Å²) in [4.78, 5) is 22.6. The highest BCUT2D eigenvalue weighted by Gasteiger charge is 2.30. The first-order chi connectivity index (χ1) is 17.5. The Morgan fingerprint density at radius 2 is 1.89 bits per heavy atom. The van der Waals surface area contributed by atoms with Crippen molar-refractivity contribution in [2.24, 2.45) is 11.1 Å². The molecular weight excluding hydrogens is 539 g/mol. The number of sulfonamides is 1. The Bertz CT molecular complexity index is 1420. The summed E-state index contributed by atoms with van der Waals surface area (Å²) in [5.74, 6) is -1.31. The summed E-state index contributed by atoms with van der Waals surface area (Å²) >= 11 is 7.13. The van der Waals surface area contributed by atoms with Crippen LogP contribution in [0.15, 0.2) is 63.5 Å². The number of halogens is 2. The number of amides is 1. The van der Waals surface area contributed by atoms with E-state index in [1.54, 1.807) is 24.4 Å². The first-order valence-corrected chi connectivity index (χ1v) is 14.1. The van der Waals surface area contributed by atoms with E-state index in [9.17, 15) is 13.2 Å². The standard InChI is InChI=1S/C24H26ClFN6O3S2/c1-24(14-27)9-11-32(12-10-24)18-13-29-23(21(28)30-18)36-16-7-8-17(20(26)19(16)25)37(34,35)31-22(33)15-5-3-2-4-6-15/h2-8,13H,9-12,14,27H2,1H3,(H2,28,30)(H,31,33). The maximum atomic E-state index is 15.1. The van der Waals surface area contributed by atoms with Gasteiger partial charge in [-0.05, 0) is 49.1 Å². The molecule has 2 aromatic carbocycles. The van der Waals surface area contributed by atoms with Crippen molar-refractivity contribution in [2.45, 2.75) is 34.6 Å². The number of nitrogens with one attached hydrogen (secondary N) is 1. The molecule has 196 valence electrons. The SMILES string of the molecule is CC1(CN)CCN(c2cnc(Sc3ccc(S(=O)(=O)NC(=O)c4ccccc4)c(F)c3Cl)c(N)n2)CC1. The average molecular weight is 565 g/mol. The van der Waals surface area contributed by atoms with Crippen LogP contribution in [-0.2, 0) is 10.0 Å². The van der Waals surface area contributed by atoms with E-state index in [2.05, 4.69) is 21.8 Å². The van der Waals surface area contributed by atoms with Crippen LogP contribution >= 0.6 is 23.4 Å². The minimum absolute atomic E-state index is 0.107. The smallest absolute Gasteiger partial charge is 0.267 e. The molecule has 1 aliphatic heterocycles. The highest BCUT2D eigenvalue weighted by atomic mass is 35.5. The van der Waals surface area contributed by atoms with E-state index in [0.29, 0.717) is 17.4 Å². The Kier molecular flexibility index (Phi) is 7.93. The molecule has 5 N–H and O–H groups in total. The molecule has 0 spiro atoms. The number of nitrogens with two attached hydrogens (primary N) is 2. The molecule has 0 bridgehead atoms. The lowest BCUT2D eigenvalue weighted by Crippen LogP contribution is -2.42. The van der Waals surface area contributed by atoms with Crippen LogP contribution in [0.2, 0.25) is 5.02 Å². The predicted octanol–water partition coefficient (Wildman–Crippen LogP) is 3.69. The van der Waals surface area contributed by atoms with Crippen LogP contribution < -0.4 is 21.1 Å². The van der Waals surface area contributed by atoms with Crippen molar-refractivity contribution >= 4 is 50.9 Å². The van der Waals surface area contributed by atoms with Gasteiger partial charge in [0, 0.05) is 23.5 Å². The monoisotopic (exact) mass is 564 g/mol. The Morgan fingerprint density at radius 3 is 2.51 bits per heavy atom. The molecule has 0 radical (unpaired) electrons. The summed E-state index contributed by atoms with van der Waals surface area (Å²) in [6.45, 7) is 4.35. The van der Waals surface area contributed by atoms with Gasteiger partial charge in [0.25, 0.3) is 15.9 Å². The van der Waals surface area contributed by atoms with Crippen molar-refractivity contribution in [2.75, 3.05) is 30.3 Å². The predicted molar refractivity (Wildman–Crippen MR) is 142 cm³/mol. The zero-order valence-electron chi connectivity index (χ0n) is 19.9. The molecule has 37 heavy (non-hydrogen) atoms. The lowest BCUT2D eigenvalue weighted by molar-refractivity contribution is 0.0981. The Balaban J connectivity index is 1.50. The second-order valence-electron chi connectivity index (χ2n) is 9.01. The van der Waals surface area contributed by atoms with Crippen molar-refractivity contribution < 1.29 is 17.6 Å². The summed E-state index contributed by atoms with van der Waals surface area (Å²) in [5, 5.41) is -0.149. The van der Waals surface area contributed by atoms with Gasteiger partial charge >= 0.3 is 0 Å². The van der Waals surface area contributed by atoms with Gasteiger partial charge in [-0.2, -0.15) is 0 Å². The molecule has 4 rings (SSSR count). The van der Waals surface area contributed by atoms with Crippen LogP contribution in [-0.4, -0.2) is 43.9 Å². The topological polar surface area (TPSA) is 144 Å². The zero-order chi connectivity index (χ0) is 26.8. The molecule has 0 saturated carbocycles. The van der Waals surface area contributed by atoms with Crippen LogP contribution in [0.4, 0.5) is 16.0 Å². The van der Waals surface area contributed by atoms with E-state index in [0.717, 1.165) is 43.8 Å². The first kappa shape index (κ1) is 27.1. The van der Waals surface area contributed by atoms with Crippen molar-refractivity contribution in [3.63, 3.8) is 0 Å². The number of nitrogens with zero attached hydrogens (tertiary/aromatic N) is 3. The Labute approximate surface area is 223 Å². The van der Waals surface area contributed by atoms with Gasteiger partial charge < -0.3 is 16.4 Å². The molecular formula is C24H26ClFN6O3S2. The van der Waals surface area contributed by atoms with Crippen molar-refractivity contribution in [1.82, 2.24) is 14.7 Å². The fourth-order valence-corrected chi connectivity index (χ4v) is 6.00. The number of nitrogen functional groups attached to an aromatic ring is 1. The molecule has 1 amide bonds. The number of anilines is 2. The van der Waals surface area contributed by atoms with Crippen LogP contribution in [0.5, 0.6) is 0 Å². The largest absolute Gasteiger partial charge is 0.381 e. The number of aromatic nitrogens is 2. The summed E-state index contributed by atoms with van der Waals surface area (Å²) in [6.07, 6.45) is 3.45. The maximum absolute atomic E-state index is 15.1. The summed E-state index contributed by atoms with van der Waals surface area (Å²) in [6, 6.07) is 10.1. The van der Waals surface area contributed by atoms with E-state index < -0.39 is 31.7 Å². The van der Waals surface area contributed by atoms with Gasteiger partial charge in [-0.3, -0.25) is 4.79 Å². The summed E-state index contributed by atoms with van der Waals surface area (Å²) < 4.78 is 42.2. The molecule has 9 nitrogen and oxygen atoms in total. The normalized spacial score (nSPS) is 15.4. The number of rotatable bonds is 7. The molecule has 1 fully saturated rings. The fraction of sp³-hybridized carbons (Fsp3) is 0.292. The zero-order valence-corrected chi connectivity index (χ0v) is 22.3. The van der Waals surface area contributed by atoms with Gasteiger partial charge in [-0.1, -0.05) is 48.5 Å². The minimum Gasteiger partial charge on any atom is -0.381 e. The number of hydrogen-bond acceptors (Lipinski definition) is 9. The van der Waals surface area contributed by atoms with Gasteiger partial charge in [0.2, 0.25) is 0 Å². The second-order valence-corrected chi connectivity index (χ2v) is 12.1. The second kappa shape index (κ2) is 10.8. The number of carbonyl (C=O) groups is 1. The molecule has 0 atom stereocenters. The molecule has 0 aliphatic carbocycles. The molecule has 0 unspecified atom stereocenters. The summed E-state index contributed by atoms with van der Waals surface area (Å²) in [5.41, 5.74) is 12.2. The quantitative estimate of drug-likeness (QED) is 0.391. The lowest BCUT2D eigenvalue weighted by atomic mass is 9.80. The van der Waals surface area contributed by atoms with Crippen LogP contribution in [0.3, 0.4) is 0 Å². The van der Waals surface area contributed by atoms with E-state index in [1.165, 1.54) is 18.2 Å². The third-order valence-electron chi connectivity index (χ3n) is 6.31. The third-order valence-corrected chi connectivity index (χ3v) is 9.21. The summed E-state index contributed by atoms with van der Waals surface area (Å²) in [7, 11) is -4.52. The lowest BCUT2D eigenvalue weighted by Gasteiger charge is -2.39. The van der Waals surface area contributed by atoms with E-state index >= 15 is 4.39 Å². The van der Waals surface area contributed by atoms with Gasteiger partial charge in [0.15, 0.2) is 11.6 Å². The molecule has 1 saturated heterocycles. The minimum atomic E-state index is -4.52. The number of piperidine rings is 1. The molecule has 1 aromatic heterocycles. The number of benzene rings is 2. The molecule has 2 heterocycles. The van der Waals surface area contributed by atoms with Crippen LogP contribution in [0, 0.1) is 11.2 Å². The average Bonchev–Trinajstić information content (AvgIpc) is 2.88. The van der Waals surface area contributed by atoms with E-state index in [1.807, 2.05) is 4.72 Å². The Morgan fingerprint density at radius 1 is 1.22 bits per heavy atom. The molecule has 3 aromatic rings. The third kappa shape index (κ3) is 5.98. The van der Waals surface area contributed by atoms with Gasteiger partial charge in [-0.25, -0.2) is 27.5 Å². The maximum Gasteiger partial charge on any atom is 0.267 e. The van der Waals surface area contributed by atoms with Crippen molar-refractivity contribution in [1.29, 1.82) is 0 Å². The number of carbonyl (C=O) groups excluding carboxylic acids is 1. The first-order valence-electron chi connectivity index (χ1n) is 11.4. The van der Waals surface area contributed by atoms with Gasteiger partial charge in [0.1, 0.15) is 15.7 Å². The fourth-order valence-electron chi connectivity index (χ4n) is 3.82. The van der Waals surface area contributed by atoms with E-state index in [-0.39, 0.29) is 21.7 Å². The number of hydrogen-bond donors (Lipinski definition) is 3. The van der Waals surface area contributed by atoms with Crippen LogP contribution in [0.1, 0.15) is 30.1 Å². The van der Waals surface area contributed by atoms with E-state index in [4.69, 9.17) is 23.1 Å². The van der Waals surface area contributed by atoms with Gasteiger partial charge in [-0.15, -0.1) is 0 Å². The van der Waals surface area contributed by atoms with Crippen molar-refractivity contribution in [3.05, 3.63) is 65.1 Å². The highest BCUT2D eigenvalue weighted by Crippen LogP contribution is 2.38. The highest BCUT2D eigenvalue weighted by molar-refractivity contribution is 7.99. The Hall–Kier alpha value is -2.93. The molecule has 13 heteroatoms. The van der Waals surface area contributed by atoms with Gasteiger partial charge in [0.05, 0.1) is 11.2 Å².